The Labute approximate surface area is 160 Å². The quantitative estimate of drug-likeness (QED) is 0.468. The highest BCUT2D eigenvalue weighted by molar-refractivity contribution is 5.25. The molecule has 0 saturated heterocycles. The molecule has 0 amide bonds. The molecular formula is C26H38. The molecule has 0 N–H and O–H groups in total. The maximum absolute atomic E-state index is 4.39. The number of hydrogen-bond acceptors (Lipinski definition) is 0. The van der Waals surface area contributed by atoms with Crippen LogP contribution in [0.1, 0.15) is 90.9 Å². The zero-order valence-electron chi connectivity index (χ0n) is 17.2. The first-order chi connectivity index (χ1) is 12.2. The lowest BCUT2D eigenvalue weighted by atomic mass is 9.28. The predicted octanol–water partition coefficient (Wildman–Crippen LogP) is 7.31. The van der Waals surface area contributed by atoms with E-state index in [1.165, 1.54) is 64.2 Å². The summed E-state index contributed by atoms with van der Waals surface area (Å²) in [6.45, 7) is 14.1. The van der Waals surface area contributed by atoms with Crippen molar-refractivity contribution < 1.29 is 0 Å². The number of allylic oxidation sites excluding steroid dienone is 2. The van der Waals surface area contributed by atoms with Crippen molar-refractivity contribution in [2.75, 3.05) is 0 Å². The molecule has 8 aliphatic rings. The maximum atomic E-state index is 4.39. The first-order valence-electron chi connectivity index (χ1n) is 11.5. The monoisotopic (exact) mass is 350 g/mol. The van der Waals surface area contributed by atoms with Crippen LogP contribution in [0.3, 0.4) is 0 Å². The summed E-state index contributed by atoms with van der Waals surface area (Å²) in [6, 6.07) is 0. The molecule has 0 nitrogen and oxygen atoms in total. The van der Waals surface area contributed by atoms with Crippen molar-refractivity contribution in [3.8, 4) is 0 Å². The second kappa shape index (κ2) is 4.38. The van der Waals surface area contributed by atoms with Gasteiger partial charge in [0.25, 0.3) is 0 Å². The fraction of sp³-hybridized carbons (Fsp3) is 0.846. The Hall–Kier alpha value is -0.520. The van der Waals surface area contributed by atoms with Crippen LogP contribution in [0.15, 0.2) is 25.3 Å². The summed E-state index contributed by atoms with van der Waals surface area (Å²) in [7, 11) is 0. The van der Waals surface area contributed by atoms with Crippen molar-refractivity contribution >= 4 is 0 Å². The van der Waals surface area contributed by atoms with Gasteiger partial charge in [-0.15, -0.1) is 13.2 Å². The molecule has 8 unspecified atom stereocenters. The van der Waals surface area contributed by atoms with Gasteiger partial charge in [0.15, 0.2) is 0 Å². The van der Waals surface area contributed by atoms with Crippen molar-refractivity contribution in [3.05, 3.63) is 25.3 Å². The maximum Gasteiger partial charge on any atom is -0.0108 e. The Kier molecular flexibility index (Phi) is 2.77. The third-order valence-corrected chi connectivity index (χ3v) is 10.8. The second-order valence-electron chi connectivity index (χ2n) is 13.3. The van der Waals surface area contributed by atoms with Gasteiger partial charge >= 0.3 is 0 Å². The normalized spacial score (nSPS) is 64.7. The lowest BCUT2D eigenvalue weighted by molar-refractivity contribution is -0.255. The highest BCUT2D eigenvalue weighted by atomic mass is 14.8. The van der Waals surface area contributed by atoms with E-state index >= 15 is 0 Å². The van der Waals surface area contributed by atoms with E-state index in [1.807, 2.05) is 0 Å². The highest BCUT2D eigenvalue weighted by Gasteiger charge is 2.72. The Bertz CT molecular complexity index is 645. The number of rotatable bonds is 3. The Balaban J connectivity index is 1.50. The lowest BCUT2D eigenvalue weighted by Gasteiger charge is -2.76. The minimum atomic E-state index is 0.472. The minimum Gasteiger partial charge on any atom is -0.103 e. The smallest absolute Gasteiger partial charge is 0.0108 e. The van der Waals surface area contributed by atoms with Crippen LogP contribution in [0.2, 0.25) is 0 Å². The van der Waals surface area contributed by atoms with Crippen LogP contribution in [0.25, 0.3) is 0 Å². The first kappa shape index (κ1) is 16.4. The largest absolute Gasteiger partial charge is 0.103 e. The lowest BCUT2D eigenvalue weighted by Crippen LogP contribution is -2.67. The molecule has 142 valence electrons. The molecule has 0 heteroatoms. The van der Waals surface area contributed by atoms with Gasteiger partial charge in [-0.05, 0) is 121 Å². The fourth-order valence-electron chi connectivity index (χ4n) is 11.6. The zero-order chi connectivity index (χ0) is 18.1. The van der Waals surface area contributed by atoms with E-state index in [4.69, 9.17) is 0 Å². The third-order valence-electron chi connectivity index (χ3n) is 10.8. The van der Waals surface area contributed by atoms with Gasteiger partial charge < -0.3 is 0 Å². The second-order valence-corrected chi connectivity index (χ2v) is 13.3. The molecule has 0 aromatic heterocycles. The van der Waals surface area contributed by atoms with Gasteiger partial charge in [0.1, 0.15) is 0 Å². The summed E-state index contributed by atoms with van der Waals surface area (Å²) in [5, 5.41) is 0. The molecule has 0 aromatic rings. The molecular weight excluding hydrogens is 312 g/mol. The van der Waals surface area contributed by atoms with E-state index in [2.05, 4.69) is 39.2 Å². The van der Waals surface area contributed by atoms with Crippen LogP contribution in [0.4, 0.5) is 0 Å². The number of hydrogen-bond donors (Lipinski definition) is 0. The molecule has 26 heavy (non-hydrogen) atoms. The standard InChI is InChI=1S/C26H38/c1-5-23-9-19-7-21(3,13-23)15-25(11-19,17-23)26-12-20-8-22(4,16-26)14-24(6-2,10-20)18-26/h5-6,19-20H,1-2,7-18H2,3-4H3. The van der Waals surface area contributed by atoms with Crippen molar-refractivity contribution in [2.45, 2.75) is 90.9 Å². The van der Waals surface area contributed by atoms with E-state index in [1.54, 1.807) is 12.8 Å². The molecule has 8 rings (SSSR count). The summed E-state index contributed by atoms with van der Waals surface area (Å²) in [5.74, 6) is 1.96. The van der Waals surface area contributed by atoms with Crippen molar-refractivity contribution in [1.82, 2.24) is 0 Å². The first-order valence-corrected chi connectivity index (χ1v) is 11.5. The highest BCUT2D eigenvalue weighted by Crippen LogP contribution is 2.82. The van der Waals surface area contributed by atoms with Gasteiger partial charge in [-0.3, -0.25) is 0 Å². The van der Waals surface area contributed by atoms with Gasteiger partial charge in [0, 0.05) is 0 Å². The van der Waals surface area contributed by atoms with Crippen LogP contribution in [0.5, 0.6) is 0 Å². The fourth-order valence-corrected chi connectivity index (χ4v) is 11.6. The Morgan fingerprint density at radius 1 is 0.577 bits per heavy atom. The van der Waals surface area contributed by atoms with Gasteiger partial charge in [-0.2, -0.15) is 0 Å². The SMILES string of the molecule is C=CC12CC3CC(C)(C1)CC(C14CC5CC(C)(CC(C=C)(C5)C1)C4)(C3)C2. The molecule has 8 atom stereocenters. The average molecular weight is 351 g/mol. The predicted molar refractivity (Wildman–Crippen MR) is 109 cm³/mol. The summed E-state index contributed by atoms with van der Waals surface area (Å²) >= 11 is 0. The molecule has 0 aromatic carbocycles. The van der Waals surface area contributed by atoms with E-state index in [0.717, 1.165) is 11.8 Å². The van der Waals surface area contributed by atoms with Crippen LogP contribution in [-0.2, 0) is 0 Å². The summed E-state index contributed by atoms with van der Waals surface area (Å²) in [5.41, 5.74) is 3.37. The van der Waals surface area contributed by atoms with Crippen molar-refractivity contribution in [2.24, 2.45) is 44.3 Å². The zero-order valence-corrected chi connectivity index (χ0v) is 17.2. The Morgan fingerprint density at radius 2 is 1.00 bits per heavy atom. The molecule has 8 saturated carbocycles. The summed E-state index contributed by atoms with van der Waals surface area (Å²) in [4.78, 5) is 0. The molecule has 8 bridgehead atoms. The molecule has 0 radical (unpaired) electrons. The minimum absolute atomic E-state index is 0.472. The van der Waals surface area contributed by atoms with Gasteiger partial charge in [-0.25, -0.2) is 0 Å². The van der Waals surface area contributed by atoms with Gasteiger partial charge in [0.05, 0.1) is 0 Å². The van der Waals surface area contributed by atoms with E-state index in [9.17, 15) is 0 Å². The van der Waals surface area contributed by atoms with E-state index in [0.29, 0.717) is 32.5 Å². The van der Waals surface area contributed by atoms with Crippen LogP contribution in [-0.4, -0.2) is 0 Å². The molecule has 8 aliphatic carbocycles. The van der Waals surface area contributed by atoms with Crippen molar-refractivity contribution in [3.63, 3.8) is 0 Å². The molecule has 0 spiro atoms. The van der Waals surface area contributed by atoms with Crippen LogP contribution in [0, 0.1) is 44.3 Å². The van der Waals surface area contributed by atoms with E-state index in [-0.39, 0.29) is 0 Å². The molecule has 8 fully saturated rings. The van der Waals surface area contributed by atoms with Gasteiger partial charge in [-0.1, -0.05) is 26.0 Å². The average Bonchev–Trinajstić information content (AvgIpc) is 2.50. The molecule has 0 aliphatic heterocycles. The van der Waals surface area contributed by atoms with Crippen LogP contribution >= 0.6 is 0 Å². The topological polar surface area (TPSA) is 0 Å². The summed E-state index contributed by atoms with van der Waals surface area (Å²) < 4.78 is 0. The van der Waals surface area contributed by atoms with Crippen molar-refractivity contribution in [1.29, 1.82) is 0 Å². The van der Waals surface area contributed by atoms with E-state index < -0.39 is 0 Å². The molecule has 0 heterocycles. The van der Waals surface area contributed by atoms with Gasteiger partial charge in [0.2, 0.25) is 0 Å². The summed E-state index contributed by atoms with van der Waals surface area (Å²) in [6.07, 6.45) is 22.8. The third kappa shape index (κ3) is 1.83. The van der Waals surface area contributed by atoms with Crippen LogP contribution < -0.4 is 0 Å². The Morgan fingerprint density at radius 3 is 1.35 bits per heavy atom.